The number of rotatable bonds is 5. The fourth-order valence-corrected chi connectivity index (χ4v) is 2.28. The van der Waals surface area contributed by atoms with Crippen molar-refractivity contribution in [3.8, 4) is 6.07 Å². The molecule has 0 bridgehead atoms. The molecule has 0 aromatic heterocycles. The van der Waals surface area contributed by atoms with E-state index in [4.69, 9.17) is 5.26 Å². The van der Waals surface area contributed by atoms with Crippen molar-refractivity contribution in [3.05, 3.63) is 59.7 Å². The molecule has 0 aliphatic heterocycles. The van der Waals surface area contributed by atoms with E-state index < -0.39 is 11.9 Å². The highest BCUT2D eigenvalue weighted by molar-refractivity contribution is 6.02. The summed E-state index contributed by atoms with van der Waals surface area (Å²) in [5.41, 5.74) is 1.69. The van der Waals surface area contributed by atoms with Gasteiger partial charge in [-0.15, -0.1) is 0 Å². The molecule has 0 fully saturated rings. The number of nitrogens with zero attached hydrogens (tertiary/aromatic N) is 2. The van der Waals surface area contributed by atoms with Crippen molar-refractivity contribution in [1.29, 1.82) is 5.26 Å². The van der Waals surface area contributed by atoms with E-state index >= 15 is 0 Å². The van der Waals surface area contributed by atoms with E-state index in [0.717, 1.165) is 0 Å². The molecule has 2 amide bonds. The van der Waals surface area contributed by atoms with Crippen LogP contribution in [0.5, 0.6) is 0 Å². The van der Waals surface area contributed by atoms with Crippen molar-refractivity contribution in [2.45, 2.75) is 6.92 Å². The lowest BCUT2D eigenvalue weighted by Crippen LogP contribution is -2.36. The molecule has 2 aromatic carbocycles. The Bertz CT molecular complexity index is 869. The Labute approximate surface area is 150 Å². The smallest absolute Gasteiger partial charge is 0.337 e. The Morgan fingerprint density at radius 2 is 1.85 bits per heavy atom. The fraction of sp³-hybridized carbons (Fsp3) is 0.158. The second-order valence-corrected chi connectivity index (χ2v) is 5.38. The number of ether oxygens (including phenoxy) is 1. The van der Waals surface area contributed by atoms with E-state index in [0.29, 0.717) is 16.9 Å². The summed E-state index contributed by atoms with van der Waals surface area (Å²) in [5.74, 6) is -1.28. The van der Waals surface area contributed by atoms with Crippen LogP contribution in [0.1, 0.15) is 22.8 Å². The maximum atomic E-state index is 12.3. The van der Waals surface area contributed by atoms with Crippen molar-refractivity contribution >= 4 is 29.2 Å². The Hall–Kier alpha value is -3.66. The SMILES string of the molecule is COC(=O)c1cccc(N(CC(=O)Nc2ccc(C#N)cc2)C(C)=O)c1. The average molecular weight is 351 g/mol. The largest absolute Gasteiger partial charge is 0.465 e. The minimum absolute atomic E-state index is 0.222. The van der Waals surface area contributed by atoms with Gasteiger partial charge in [-0.1, -0.05) is 6.07 Å². The first-order valence-electron chi connectivity index (χ1n) is 7.71. The standard InChI is InChI=1S/C19H17N3O4/c1-13(23)22(17-5-3-4-15(10-17)19(25)26-2)12-18(24)21-16-8-6-14(11-20)7-9-16/h3-10H,12H2,1-2H3,(H,21,24). The lowest BCUT2D eigenvalue weighted by atomic mass is 10.2. The van der Waals surface area contributed by atoms with Gasteiger partial charge in [0.1, 0.15) is 6.54 Å². The van der Waals surface area contributed by atoms with Crippen LogP contribution in [0.25, 0.3) is 0 Å². The van der Waals surface area contributed by atoms with Crippen LogP contribution in [0.4, 0.5) is 11.4 Å². The van der Waals surface area contributed by atoms with Crippen LogP contribution in [0.3, 0.4) is 0 Å². The van der Waals surface area contributed by atoms with Crippen LogP contribution in [-0.4, -0.2) is 31.4 Å². The van der Waals surface area contributed by atoms with E-state index in [1.807, 2.05) is 6.07 Å². The predicted molar refractivity (Wildman–Crippen MR) is 95.6 cm³/mol. The molecule has 0 saturated carbocycles. The van der Waals surface area contributed by atoms with Crippen LogP contribution in [0.2, 0.25) is 0 Å². The van der Waals surface area contributed by atoms with Gasteiger partial charge in [-0.3, -0.25) is 9.59 Å². The predicted octanol–water partition coefficient (Wildman–Crippen LogP) is 2.34. The molecular weight excluding hydrogens is 334 g/mol. The van der Waals surface area contributed by atoms with E-state index in [2.05, 4.69) is 10.1 Å². The number of anilines is 2. The maximum absolute atomic E-state index is 12.3. The zero-order valence-electron chi connectivity index (χ0n) is 14.4. The third kappa shape index (κ3) is 4.68. The lowest BCUT2D eigenvalue weighted by Gasteiger charge is -2.21. The van der Waals surface area contributed by atoms with E-state index in [9.17, 15) is 14.4 Å². The summed E-state index contributed by atoms with van der Waals surface area (Å²) in [4.78, 5) is 37.1. The number of carbonyl (C=O) groups excluding carboxylic acids is 3. The number of nitriles is 1. The molecule has 2 aromatic rings. The van der Waals surface area contributed by atoms with Crippen molar-refractivity contribution in [1.82, 2.24) is 0 Å². The second-order valence-electron chi connectivity index (χ2n) is 5.38. The summed E-state index contributed by atoms with van der Waals surface area (Å²) in [6, 6.07) is 14.6. The lowest BCUT2D eigenvalue weighted by molar-refractivity contribution is -0.120. The van der Waals surface area contributed by atoms with Gasteiger partial charge in [-0.05, 0) is 42.5 Å². The molecule has 0 unspecified atom stereocenters. The van der Waals surface area contributed by atoms with Crippen molar-refractivity contribution < 1.29 is 19.1 Å². The molecular formula is C19H17N3O4. The Balaban J connectivity index is 2.15. The number of nitrogens with one attached hydrogen (secondary N) is 1. The zero-order valence-corrected chi connectivity index (χ0v) is 14.4. The summed E-state index contributed by atoms with van der Waals surface area (Å²) >= 11 is 0. The van der Waals surface area contributed by atoms with Crippen LogP contribution in [0, 0.1) is 11.3 Å². The zero-order chi connectivity index (χ0) is 19.1. The number of carbonyl (C=O) groups is 3. The van der Waals surface area contributed by atoms with Crippen molar-refractivity contribution in [2.24, 2.45) is 0 Å². The molecule has 0 spiro atoms. The molecule has 7 heteroatoms. The highest BCUT2D eigenvalue weighted by Gasteiger charge is 2.17. The number of methoxy groups -OCH3 is 1. The number of benzene rings is 2. The molecule has 2 rings (SSSR count). The van der Waals surface area contributed by atoms with Gasteiger partial charge in [0.2, 0.25) is 11.8 Å². The van der Waals surface area contributed by atoms with Gasteiger partial charge in [-0.2, -0.15) is 5.26 Å². The van der Waals surface area contributed by atoms with Crippen LogP contribution < -0.4 is 10.2 Å². The molecule has 1 N–H and O–H groups in total. The molecule has 0 heterocycles. The average Bonchev–Trinajstić information content (AvgIpc) is 2.66. The van der Waals surface area contributed by atoms with Gasteiger partial charge >= 0.3 is 5.97 Å². The summed E-state index contributed by atoms with van der Waals surface area (Å²) < 4.78 is 4.67. The summed E-state index contributed by atoms with van der Waals surface area (Å²) in [5, 5.41) is 11.4. The van der Waals surface area contributed by atoms with Crippen LogP contribution in [0.15, 0.2) is 48.5 Å². The second kappa shape index (κ2) is 8.44. The topological polar surface area (TPSA) is 99.5 Å². The van der Waals surface area contributed by atoms with Crippen molar-refractivity contribution in [3.63, 3.8) is 0 Å². The minimum Gasteiger partial charge on any atom is -0.465 e. The number of hydrogen-bond acceptors (Lipinski definition) is 5. The minimum atomic E-state index is -0.530. The molecule has 0 atom stereocenters. The van der Waals surface area contributed by atoms with E-state index in [-0.39, 0.29) is 18.0 Å². The molecule has 0 radical (unpaired) electrons. The molecule has 0 aliphatic rings. The Morgan fingerprint density at radius 1 is 1.15 bits per heavy atom. The summed E-state index contributed by atoms with van der Waals surface area (Å²) in [7, 11) is 1.27. The van der Waals surface area contributed by atoms with E-state index in [1.54, 1.807) is 42.5 Å². The third-order valence-electron chi connectivity index (χ3n) is 3.56. The monoisotopic (exact) mass is 351 g/mol. The fourth-order valence-electron chi connectivity index (χ4n) is 2.28. The first kappa shape index (κ1) is 18.7. The van der Waals surface area contributed by atoms with Gasteiger partial charge in [0, 0.05) is 18.3 Å². The molecule has 0 saturated heterocycles. The Kier molecular flexibility index (Phi) is 6.06. The van der Waals surface area contributed by atoms with Crippen LogP contribution >= 0.6 is 0 Å². The normalized spacial score (nSPS) is 9.73. The van der Waals surface area contributed by atoms with Gasteiger partial charge in [0.25, 0.3) is 0 Å². The quantitative estimate of drug-likeness (QED) is 0.834. The van der Waals surface area contributed by atoms with E-state index in [1.165, 1.54) is 25.0 Å². The van der Waals surface area contributed by atoms with Crippen molar-refractivity contribution in [2.75, 3.05) is 23.9 Å². The van der Waals surface area contributed by atoms with Gasteiger partial charge in [-0.25, -0.2) is 4.79 Å². The number of hydrogen-bond donors (Lipinski definition) is 1. The van der Waals surface area contributed by atoms with Gasteiger partial charge in [0.15, 0.2) is 0 Å². The van der Waals surface area contributed by atoms with Gasteiger partial charge < -0.3 is 15.0 Å². The molecule has 0 aliphatic carbocycles. The summed E-state index contributed by atoms with van der Waals surface area (Å²) in [6.07, 6.45) is 0. The number of amides is 2. The third-order valence-corrected chi connectivity index (χ3v) is 3.56. The Morgan fingerprint density at radius 3 is 2.42 bits per heavy atom. The maximum Gasteiger partial charge on any atom is 0.337 e. The first-order valence-corrected chi connectivity index (χ1v) is 7.71. The van der Waals surface area contributed by atoms with Crippen LogP contribution in [-0.2, 0) is 14.3 Å². The highest BCUT2D eigenvalue weighted by atomic mass is 16.5. The van der Waals surface area contributed by atoms with Gasteiger partial charge in [0.05, 0.1) is 24.3 Å². The molecule has 132 valence electrons. The molecule has 7 nitrogen and oxygen atoms in total. The first-order chi connectivity index (χ1) is 12.4. The molecule has 26 heavy (non-hydrogen) atoms. The summed E-state index contributed by atoms with van der Waals surface area (Å²) in [6.45, 7) is 1.11. The highest BCUT2D eigenvalue weighted by Crippen LogP contribution is 2.18. The number of esters is 1.